The largest absolute Gasteiger partial charge is 0.269 e. The van der Waals surface area contributed by atoms with Crippen LogP contribution >= 0.6 is 66.3 Å². The first kappa shape index (κ1) is 21.0. The van der Waals surface area contributed by atoms with Crippen molar-refractivity contribution in [2.24, 2.45) is 0 Å². The van der Waals surface area contributed by atoms with Gasteiger partial charge < -0.3 is 0 Å². The van der Waals surface area contributed by atoms with Crippen LogP contribution in [0.15, 0.2) is 78.5 Å². The molecule has 0 amide bonds. The SMILES string of the molecule is Cc1nc(-c2ccccc2)sc1-c1nnc(Sc2nc(Br)c(Br)s2)n1-c1ccccc1. The summed E-state index contributed by atoms with van der Waals surface area (Å²) in [5, 5.41) is 10.8. The summed E-state index contributed by atoms with van der Waals surface area (Å²) in [6, 6.07) is 20.3. The van der Waals surface area contributed by atoms with Crippen molar-refractivity contribution in [3.8, 4) is 27.0 Å². The summed E-state index contributed by atoms with van der Waals surface area (Å²) in [5.74, 6) is 0.778. The summed E-state index contributed by atoms with van der Waals surface area (Å²) in [4.78, 5) is 10.4. The van der Waals surface area contributed by atoms with Crippen LogP contribution in [0.2, 0.25) is 0 Å². The van der Waals surface area contributed by atoms with Crippen LogP contribution in [0.5, 0.6) is 0 Å². The van der Waals surface area contributed by atoms with Gasteiger partial charge in [0.2, 0.25) is 5.16 Å². The Bertz CT molecular complexity index is 1330. The van der Waals surface area contributed by atoms with Crippen LogP contribution in [0.4, 0.5) is 0 Å². The molecule has 5 aromatic rings. The smallest absolute Gasteiger partial charge is 0.203 e. The van der Waals surface area contributed by atoms with Crippen LogP contribution in [0.25, 0.3) is 27.0 Å². The van der Waals surface area contributed by atoms with Gasteiger partial charge in [0.25, 0.3) is 0 Å². The van der Waals surface area contributed by atoms with Crippen LogP contribution in [-0.4, -0.2) is 24.7 Å². The number of benzene rings is 2. The maximum atomic E-state index is 4.81. The normalized spacial score (nSPS) is 11.2. The van der Waals surface area contributed by atoms with Gasteiger partial charge in [-0.1, -0.05) is 59.9 Å². The van der Waals surface area contributed by atoms with Gasteiger partial charge in [-0.05, 0) is 62.7 Å². The monoisotopic (exact) mass is 589 g/mol. The van der Waals surface area contributed by atoms with E-state index in [1.807, 2.05) is 43.3 Å². The quantitative estimate of drug-likeness (QED) is 0.212. The Labute approximate surface area is 207 Å². The molecule has 0 saturated heterocycles. The first-order valence-electron chi connectivity index (χ1n) is 9.14. The maximum Gasteiger partial charge on any atom is 0.203 e. The fourth-order valence-corrected chi connectivity index (χ4v) is 7.28. The Morgan fingerprint density at radius 1 is 0.871 bits per heavy atom. The van der Waals surface area contributed by atoms with Crippen LogP contribution in [-0.2, 0) is 0 Å². The first-order chi connectivity index (χ1) is 15.1. The molecule has 5 rings (SSSR count). The molecule has 0 aliphatic rings. The summed E-state index contributed by atoms with van der Waals surface area (Å²) in [7, 11) is 0. The van der Waals surface area contributed by atoms with E-state index in [1.54, 1.807) is 22.7 Å². The number of thiazole rings is 2. The minimum absolute atomic E-state index is 0.754. The summed E-state index contributed by atoms with van der Waals surface area (Å²) in [6.45, 7) is 2.02. The molecule has 0 fully saturated rings. The van der Waals surface area contributed by atoms with Crippen LogP contribution in [0.1, 0.15) is 5.69 Å². The summed E-state index contributed by atoms with van der Waals surface area (Å²) in [6.07, 6.45) is 0. The second-order valence-electron chi connectivity index (χ2n) is 6.42. The molecule has 3 aromatic heterocycles. The lowest BCUT2D eigenvalue weighted by atomic mass is 10.2. The Morgan fingerprint density at radius 2 is 1.58 bits per heavy atom. The maximum absolute atomic E-state index is 4.81. The molecule has 154 valence electrons. The fourth-order valence-electron chi connectivity index (χ4n) is 2.99. The Balaban J connectivity index is 1.63. The number of halogens is 2. The van der Waals surface area contributed by atoms with E-state index in [9.17, 15) is 0 Å². The number of aromatic nitrogens is 5. The summed E-state index contributed by atoms with van der Waals surface area (Å²) < 4.78 is 4.69. The van der Waals surface area contributed by atoms with Crippen molar-refractivity contribution in [2.45, 2.75) is 16.4 Å². The van der Waals surface area contributed by atoms with E-state index in [0.29, 0.717) is 0 Å². The van der Waals surface area contributed by atoms with Crippen LogP contribution < -0.4 is 0 Å². The van der Waals surface area contributed by atoms with Gasteiger partial charge in [0.1, 0.15) is 13.4 Å². The van der Waals surface area contributed by atoms with Gasteiger partial charge in [-0.3, -0.25) is 4.57 Å². The number of aryl methyl sites for hydroxylation is 1. The molecule has 5 nitrogen and oxygen atoms in total. The molecule has 10 heteroatoms. The molecule has 0 aliphatic heterocycles. The third-order valence-corrected chi connectivity index (χ3v) is 9.66. The third-order valence-electron chi connectivity index (χ3n) is 4.38. The van der Waals surface area contributed by atoms with Gasteiger partial charge in [0, 0.05) is 11.3 Å². The second kappa shape index (κ2) is 8.95. The van der Waals surface area contributed by atoms with E-state index in [0.717, 1.165) is 50.5 Å². The summed E-state index contributed by atoms with van der Waals surface area (Å²) >= 11 is 11.6. The van der Waals surface area contributed by atoms with Crippen molar-refractivity contribution in [1.82, 2.24) is 24.7 Å². The van der Waals surface area contributed by atoms with Crippen molar-refractivity contribution < 1.29 is 0 Å². The third kappa shape index (κ3) is 4.27. The lowest BCUT2D eigenvalue weighted by Crippen LogP contribution is -1.99. The predicted octanol–water partition coefficient (Wildman–Crippen LogP) is 7.50. The van der Waals surface area contributed by atoms with Gasteiger partial charge in [-0.25, -0.2) is 9.97 Å². The Hall–Kier alpha value is -1.85. The Kier molecular flexibility index (Phi) is 6.07. The lowest BCUT2D eigenvalue weighted by molar-refractivity contribution is 0.885. The van der Waals surface area contributed by atoms with E-state index in [4.69, 9.17) is 4.98 Å². The minimum Gasteiger partial charge on any atom is -0.269 e. The summed E-state index contributed by atoms with van der Waals surface area (Å²) in [5.41, 5.74) is 3.03. The van der Waals surface area contributed by atoms with Gasteiger partial charge in [-0.15, -0.1) is 21.5 Å². The van der Waals surface area contributed by atoms with Gasteiger partial charge in [-0.2, -0.15) is 0 Å². The van der Waals surface area contributed by atoms with Crippen LogP contribution in [0.3, 0.4) is 0 Å². The van der Waals surface area contributed by atoms with Crippen LogP contribution in [0, 0.1) is 6.92 Å². The van der Waals surface area contributed by atoms with Crippen molar-refractivity contribution in [3.63, 3.8) is 0 Å². The average Bonchev–Trinajstić information content (AvgIpc) is 3.46. The fraction of sp³-hybridized carbons (Fsp3) is 0.0476. The zero-order valence-electron chi connectivity index (χ0n) is 16.0. The molecule has 0 aliphatic carbocycles. The van der Waals surface area contributed by atoms with E-state index in [1.165, 1.54) is 11.8 Å². The molecule has 0 unspecified atom stereocenters. The van der Waals surface area contributed by atoms with E-state index < -0.39 is 0 Å². The number of nitrogens with zero attached hydrogens (tertiary/aromatic N) is 5. The number of para-hydroxylation sites is 1. The highest BCUT2D eigenvalue weighted by molar-refractivity contribution is 9.13. The standard InChI is InChI=1S/C21H13Br2N5S3/c1-12-15(29-19(24-12)13-8-4-2-5-9-13)18-26-27-20(28(18)14-10-6-3-7-11-14)31-21-25-16(22)17(23)30-21/h2-11H,1H3. The van der Waals surface area contributed by atoms with Crippen molar-refractivity contribution in [1.29, 1.82) is 0 Å². The number of rotatable bonds is 5. The average molecular weight is 591 g/mol. The first-order valence-corrected chi connectivity index (χ1v) is 13.2. The molecule has 2 aromatic carbocycles. The highest BCUT2D eigenvalue weighted by atomic mass is 79.9. The molecule has 0 saturated carbocycles. The molecule has 31 heavy (non-hydrogen) atoms. The van der Waals surface area contributed by atoms with Crippen molar-refractivity contribution in [3.05, 3.63) is 74.7 Å². The molecule has 0 atom stereocenters. The minimum atomic E-state index is 0.754. The topological polar surface area (TPSA) is 56.5 Å². The molecule has 3 heterocycles. The number of hydrogen-bond acceptors (Lipinski definition) is 7. The molecular formula is C21H13Br2N5S3. The van der Waals surface area contributed by atoms with Gasteiger partial charge in [0.15, 0.2) is 10.2 Å². The Morgan fingerprint density at radius 3 is 2.26 bits per heavy atom. The molecule has 0 spiro atoms. The number of hydrogen-bond donors (Lipinski definition) is 0. The zero-order valence-corrected chi connectivity index (χ0v) is 21.6. The zero-order chi connectivity index (χ0) is 21.4. The molecule has 0 radical (unpaired) electrons. The molecule has 0 bridgehead atoms. The predicted molar refractivity (Wildman–Crippen MR) is 134 cm³/mol. The highest BCUT2D eigenvalue weighted by Crippen LogP contribution is 2.41. The highest BCUT2D eigenvalue weighted by Gasteiger charge is 2.22. The van der Waals surface area contributed by atoms with E-state index in [-0.39, 0.29) is 0 Å². The molecular weight excluding hydrogens is 578 g/mol. The van der Waals surface area contributed by atoms with Gasteiger partial charge in [0.05, 0.1) is 10.6 Å². The van der Waals surface area contributed by atoms with Crippen molar-refractivity contribution >= 4 is 66.3 Å². The van der Waals surface area contributed by atoms with E-state index in [2.05, 4.69) is 75.9 Å². The second-order valence-corrected chi connectivity index (χ2v) is 11.7. The lowest BCUT2D eigenvalue weighted by Gasteiger charge is -2.08. The van der Waals surface area contributed by atoms with Gasteiger partial charge >= 0.3 is 0 Å². The van der Waals surface area contributed by atoms with E-state index >= 15 is 0 Å². The molecule has 0 N–H and O–H groups in total. The van der Waals surface area contributed by atoms with Crippen molar-refractivity contribution in [2.75, 3.05) is 0 Å².